The molecule has 1 N–H and O–H groups in total. The van der Waals surface area contributed by atoms with E-state index in [1.165, 1.54) is 6.42 Å². The van der Waals surface area contributed by atoms with Gasteiger partial charge in [-0.05, 0) is 39.2 Å². The molecule has 1 heterocycles. The number of nitrogens with one attached hydrogen (secondary N) is 1. The molecule has 2 rings (SSSR count). The van der Waals surface area contributed by atoms with Gasteiger partial charge in [-0.3, -0.25) is 4.21 Å². The minimum absolute atomic E-state index is 0.194. The molecule has 16 heavy (non-hydrogen) atoms. The van der Waals surface area contributed by atoms with Crippen LogP contribution in [-0.2, 0) is 15.5 Å². The molecule has 1 saturated heterocycles. The molecular weight excluding hydrogens is 222 g/mol. The van der Waals surface area contributed by atoms with Crippen LogP contribution in [0, 0.1) is 0 Å². The van der Waals surface area contributed by atoms with Gasteiger partial charge in [0.1, 0.15) is 0 Å². The van der Waals surface area contributed by atoms with E-state index in [0.29, 0.717) is 11.3 Å². The molecule has 0 spiro atoms. The summed E-state index contributed by atoms with van der Waals surface area (Å²) < 4.78 is 17.9. The van der Waals surface area contributed by atoms with Gasteiger partial charge < -0.3 is 10.1 Å². The standard InChI is InChI=1S/C12H23NO2S/c1-3-13-10-4-5-11(8-10)16(14)12-6-7-15-9(12)2/h9-13H,3-8H2,1-2H3. The van der Waals surface area contributed by atoms with Crippen LogP contribution in [0.25, 0.3) is 0 Å². The van der Waals surface area contributed by atoms with E-state index in [-0.39, 0.29) is 11.4 Å². The van der Waals surface area contributed by atoms with Gasteiger partial charge in [0.15, 0.2) is 0 Å². The second-order valence-electron chi connectivity index (χ2n) is 4.92. The van der Waals surface area contributed by atoms with Crippen LogP contribution in [0.1, 0.15) is 39.5 Å². The summed E-state index contributed by atoms with van der Waals surface area (Å²) >= 11 is 0. The van der Waals surface area contributed by atoms with Crippen molar-refractivity contribution < 1.29 is 8.95 Å². The van der Waals surface area contributed by atoms with Gasteiger partial charge in [-0.2, -0.15) is 0 Å². The van der Waals surface area contributed by atoms with Crippen molar-refractivity contribution in [3.8, 4) is 0 Å². The Hall–Kier alpha value is 0.0700. The highest BCUT2D eigenvalue weighted by Crippen LogP contribution is 2.29. The number of ether oxygens (including phenoxy) is 1. The molecule has 0 radical (unpaired) electrons. The maximum absolute atomic E-state index is 12.4. The van der Waals surface area contributed by atoms with Gasteiger partial charge in [-0.1, -0.05) is 6.92 Å². The van der Waals surface area contributed by atoms with Gasteiger partial charge in [0.25, 0.3) is 0 Å². The molecule has 1 saturated carbocycles. The molecular formula is C12H23NO2S. The zero-order valence-corrected chi connectivity index (χ0v) is 11.1. The molecule has 0 aromatic rings. The van der Waals surface area contributed by atoms with Crippen LogP contribution in [0.15, 0.2) is 0 Å². The average molecular weight is 245 g/mol. The van der Waals surface area contributed by atoms with E-state index in [2.05, 4.69) is 19.2 Å². The highest BCUT2D eigenvalue weighted by Gasteiger charge is 2.37. The van der Waals surface area contributed by atoms with E-state index in [9.17, 15) is 4.21 Å². The van der Waals surface area contributed by atoms with Crippen LogP contribution >= 0.6 is 0 Å². The first-order chi connectivity index (χ1) is 7.72. The summed E-state index contributed by atoms with van der Waals surface area (Å²) in [5, 5.41) is 4.15. The topological polar surface area (TPSA) is 38.3 Å². The largest absolute Gasteiger partial charge is 0.377 e. The van der Waals surface area contributed by atoms with E-state index in [4.69, 9.17) is 4.74 Å². The van der Waals surface area contributed by atoms with Gasteiger partial charge in [-0.15, -0.1) is 0 Å². The minimum Gasteiger partial charge on any atom is -0.377 e. The monoisotopic (exact) mass is 245 g/mol. The van der Waals surface area contributed by atoms with Crippen molar-refractivity contribution in [3.05, 3.63) is 0 Å². The maximum atomic E-state index is 12.4. The fourth-order valence-electron chi connectivity index (χ4n) is 2.89. The summed E-state index contributed by atoms with van der Waals surface area (Å²) in [5.74, 6) is 0. The van der Waals surface area contributed by atoms with Crippen LogP contribution in [0.3, 0.4) is 0 Å². The Labute approximate surface area is 101 Å². The summed E-state index contributed by atoms with van der Waals surface area (Å²) in [6, 6.07) is 0.594. The Morgan fingerprint density at radius 2 is 2.19 bits per heavy atom. The first-order valence-corrected chi connectivity index (χ1v) is 7.74. The third-order valence-electron chi connectivity index (χ3n) is 3.81. The summed E-state index contributed by atoms with van der Waals surface area (Å²) in [4.78, 5) is 0. The molecule has 0 bridgehead atoms. The number of hydrogen-bond acceptors (Lipinski definition) is 3. The lowest BCUT2D eigenvalue weighted by Gasteiger charge is -2.18. The Balaban J connectivity index is 1.86. The highest BCUT2D eigenvalue weighted by molar-refractivity contribution is 7.86. The molecule has 0 aromatic carbocycles. The van der Waals surface area contributed by atoms with E-state index >= 15 is 0 Å². The molecule has 5 unspecified atom stereocenters. The van der Waals surface area contributed by atoms with Crippen molar-refractivity contribution >= 4 is 10.8 Å². The first-order valence-electron chi connectivity index (χ1n) is 6.46. The number of rotatable bonds is 4. The van der Waals surface area contributed by atoms with Crippen LogP contribution < -0.4 is 5.32 Å². The van der Waals surface area contributed by atoms with Crippen molar-refractivity contribution in [1.29, 1.82) is 0 Å². The van der Waals surface area contributed by atoms with Gasteiger partial charge in [-0.25, -0.2) is 0 Å². The zero-order valence-electron chi connectivity index (χ0n) is 10.3. The van der Waals surface area contributed by atoms with Gasteiger partial charge >= 0.3 is 0 Å². The smallest absolute Gasteiger partial charge is 0.0691 e. The molecule has 2 fully saturated rings. The van der Waals surface area contributed by atoms with E-state index in [1.807, 2.05) is 0 Å². The van der Waals surface area contributed by atoms with Crippen molar-refractivity contribution in [3.63, 3.8) is 0 Å². The third-order valence-corrected chi connectivity index (χ3v) is 6.11. The lowest BCUT2D eigenvalue weighted by atomic mass is 10.2. The van der Waals surface area contributed by atoms with Crippen molar-refractivity contribution in [1.82, 2.24) is 5.32 Å². The normalized spacial score (nSPS) is 41.4. The van der Waals surface area contributed by atoms with Crippen LogP contribution in [0.4, 0.5) is 0 Å². The SMILES string of the molecule is CCNC1CCC(S(=O)C2CCOC2C)C1. The molecule has 4 heteroatoms. The summed E-state index contributed by atoms with van der Waals surface area (Å²) in [6.45, 7) is 6.01. The molecule has 1 aliphatic heterocycles. The Morgan fingerprint density at radius 1 is 1.38 bits per heavy atom. The molecule has 1 aliphatic carbocycles. The summed E-state index contributed by atoms with van der Waals surface area (Å²) in [6.07, 6.45) is 4.57. The average Bonchev–Trinajstić information content (AvgIpc) is 2.87. The van der Waals surface area contributed by atoms with Crippen LogP contribution in [-0.4, -0.2) is 40.0 Å². The van der Waals surface area contributed by atoms with E-state index < -0.39 is 10.8 Å². The molecule has 5 atom stereocenters. The molecule has 3 nitrogen and oxygen atoms in total. The summed E-state index contributed by atoms with van der Waals surface area (Å²) in [5.41, 5.74) is 0. The minimum atomic E-state index is -0.690. The van der Waals surface area contributed by atoms with Crippen molar-refractivity contribution in [2.24, 2.45) is 0 Å². The second-order valence-corrected chi connectivity index (χ2v) is 6.85. The lowest BCUT2D eigenvalue weighted by molar-refractivity contribution is 0.126. The first kappa shape index (κ1) is 12.5. The predicted octanol–water partition coefficient (Wildman–Crippen LogP) is 1.44. The van der Waals surface area contributed by atoms with Gasteiger partial charge in [0, 0.05) is 28.7 Å². The highest BCUT2D eigenvalue weighted by atomic mass is 32.2. The maximum Gasteiger partial charge on any atom is 0.0691 e. The summed E-state index contributed by atoms with van der Waals surface area (Å²) in [7, 11) is -0.690. The molecule has 0 amide bonds. The Bertz CT molecular complexity index is 259. The van der Waals surface area contributed by atoms with E-state index in [1.54, 1.807) is 0 Å². The van der Waals surface area contributed by atoms with Crippen molar-refractivity contribution in [2.75, 3.05) is 13.2 Å². The fraction of sp³-hybridized carbons (Fsp3) is 1.00. The molecule has 0 aromatic heterocycles. The predicted molar refractivity (Wildman–Crippen MR) is 67.1 cm³/mol. The molecule has 2 aliphatic rings. The quantitative estimate of drug-likeness (QED) is 0.814. The van der Waals surface area contributed by atoms with Gasteiger partial charge in [0.2, 0.25) is 0 Å². The fourth-order valence-corrected chi connectivity index (χ4v) is 4.96. The third kappa shape index (κ3) is 2.66. The second kappa shape index (κ2) is 5.61. The van der Waals surface area contributed by atoms with Crippen LogP contribution in [0.5, 0.6) is 0 Å². The Morgan fingerprint density at radius 3 is 2.81 bits per heavy atom. The zero-order chi connectivity index (χ0) is 11.5. The van der Waals surface area contributed by atoms with Crippen LogP contribution in [0.2, 0.25) is 0 Å². The molecule has 94 valence electrons. The van der Waals surface area contributed by atoms with Gasteiger partial charge in [0.05, 0.1) is 11.4 Å². The Kier molecular flexibility index (Phi) is 4.39. The van der Waals surface area contributed by atoms with E-state index in [0.717, 1.165) is 32.4 Å². The lowest BCUT2D eigenvalue weighted by Crippen LogP contribution is -2.32. The number of hydrogen-bond donors (Lipinski definition) is 1. The van der Waals surface area contributed by atoms with Crippen molar-refractivity contribution in [2.45, 2.75) is 62.2 Å².